The van der Waals surface area contributed by atoms with Crippen molar-refractivity contribution in [1.29, 1.82) is 0 Å². The smallest absolute Gasteiger partial charge is 0.245 e. The van der Waals surface area contributed by atoms with E-state index in [-0.39, 0.29) is 30.0 Å². The van der Waals surface area contributed by atoms with Crippen LogP contribution in [-0.2, 0) is 11.2 Å². The number of likely N-dealkylation sites (N-methyl/N-ethyl adjacent to an activating group) is 1. The van der Waals surface area contributed by atoms with E-state index in [0.29, 0.717) is 24.5 Å². The molecule has 0 bridgehead atoms. The van der Waals surface area contributed by atoms with Crippen LogP contribution in [0.3, 0.4) is 0 Å². The highest BCUT2D eigenvalue weighted by atomic mass is 127. The van der Waals surface area contributed by atoms with E-state index in [1.54, 1.807) is 28.0 Å². The van der Waals surface area contributed by atoms with Gasteiger partial charge in [0.2, 0.25) is 17.5 Å². The Bertz CT molecular complexity index is 1100. The SMILES string of the molecule is Cc1c(I)sc2c1SC[C@H](NCCC(=O)c1n[nH]c(Cc3ccccc3)n1)C(=O)N2C. The molecule has 0 aliphatic carbocycles. The number of hydrogen-bond donors (Lipinski definition) is 2. The Morgan fingerprint density at radius 3 is 2.90 bits per heavy atom. The van der Waals surface area contributed by atoms with Gasteiger partial charge in [0, 0.05) is 37.1 Å². The Labute approximate surface area is 202 Å². The number of hydrogen-bond acceptors (Lipinski definition) is 7. The third-order valence-corrected chi connectivity index (χ3v) is 9.13. The number of nitrogens with one attached hydrogen (secondary N) is 2. The fourth-order valence-corrected chi connectivity index (χ4v) is 6.84. The highest BCUT2D eigenvalue weighted by molar-refractivity contribution is 14.1. The van der Waals surface area contributed by atoms with Gasteiger partial charge in [-0.2, -0.15) is 5.10 Å². The molecule has 1 aliphatic heterocycles. The van der Waals surface area contributed by atoms with E-state index in [4.69, 9.17) is 0 Å². The number of amides is 1. The topological polar surface area (TPSA) is 91.0 Å². The first kappa shape index (κ1) is 22.4. The van der Waals surface area contributed by atoms with Crippen molar-refractivity contribution < 1.29 is 9.59 Å². The Morgan fingerprint density at radius 1 is 1.35 bits per heavy atom. The van der Waals surface area contributed by atoms with E-state index < -0.39 is 0 Å². The summed E-state index contributed by atoms with van der Waals surface area (Å²) in [5, 5.41) is 11.2. The van der Waals surface area contributed by atoms with Crippen LogP contribution in [0, 0.1) is 9.81 Å². The number of anilines is 1. The zero-order chi connectivity index (χ0) is 22.0. The van der Waals surface area contributed by atoms with Crippen LogP contribution in [0.1, 0.15) is 34.0 Å². The van der Waals surface area contributed by atoms with Gasteiger partial charge < -0.3 is 10.2 Å². The normalized spacial score (nSPS) is 16.3. The van der Waals surface area contributed by atoms with Gasteiger partial charge in [-0.25, -0.2) is 4.98 Å². The average Bonchev–Trinajstić information content (AvgIpc) is 3.32. The predicted octanol–water partition coefficient (Wildman–Crippen LogP) is 3.67. The molecule has 162 valence electrons. The molecule has 1 aliphatic rings. The maximum atomic E-state index is 12.9. The maximum Gasteiger partial charge on any atom is 0.245 e. The lowest BCUT2D eigenvalue weighted by molar-refractivity contribution is -0.119. The van der Waals surface area contributed by atoms with Crippen LogP contribution in [0.15, 0.2) is 35.2 Å². The number of thiophene rings is 1. The van der Waals surface area contributed by atoms with Crippen LogP contribution in [0.4, 0.5) is 5.00 Å². The first-order chi connectivity index (χ1) is 14.9. The highest BCUT2D eigenvalue weighted by Gasteiger charge is 2.31. The molecule has 0 saturated heterocycles. The summed E-state index contributed by atoms with van der Waals surface area (Å²) < 4.78 is 1.21. The zero-order valence-corrected chi connectivity index (χ0v) is 20.9. The third-order valence-electron chi connectivity index (χ3n) is 5.08. The second-order valence-corrected chi connectivity index (χ2v) is 11.1. The number of benzene rings is 1. The number of Topliss-reactive ketones (excluding diaryl/α,β-unsaturated/α-hetero) is 1. The Kier molecular flexibility index (Phi) is 7.09. The molecule has 3 aromatic rings. The van der Waals surface area contributed by atoms with Crippen molar-refractivity contribution in [3.63, 3.8) is 0 Å². The van der Waals surface area contributed by atoms with Crippen LogP contribution in [0.25, 0.3) is 0 Å². The minimum atomic E-state index is -0.333. The molecule has 0 spiro atoms. The predicted molar refractivity (Wildman–Crippen MR) is 132 cm³/mol. The minimum Gasteiger partial charge on any atom is -0.305 e. The molecule has 1 amide bonds. The molecule has 31 heavy (non-hydrogen) atoms. The number of ketones is 1. The van der Waals surface area contributed by atoms with Crippen molar-refractivity contribution >= 4 is 62.4 Å². The molecule has 0 radical (unpaired) electrons. The Morgan fingerprint density at radius 2 is 2.13 bits per heavy atom. The number of halogens is 1. The van der Waals surface area contributed by atoms with Crippen LogP contribution in [0.2, 0.25) is 0 Å². The maximum absolute atomic E-state index is 12.9. The van der Waals surface area contributed by atoms with Gasteiger partial charge in [-0.1, -0.05) is 30.3 Å². The van der Waals surface area contributed by atoms with Crippen molar-refractivity contribution in [2.75, 3.05) is 24.2 Å². The fourth-order valence-electron chi connectivity index (χ4n) is 3.33. The molecule has 0 saturated carbocycles. The number of rotatable bonds is 7. The van der Waals surface area contributed by atoms with Crippen LogP contribution >= 0.6 is 45.7 Å². The molecular weight excluding hydrogens is 545 g/mol. The van der Waals surface area contributed by atoms with E-state index >= 15 is 0 Å². The lowest BCUT2D eigenvalue weighted by atomic mass is 10.1. The number of H-pyrrole nitrogens is 1. The van der Waals surface area contributed by atoms with E-state index in [1.165, 1.54) is 13.3 Å². The minimum absolute atomic E-state index is 0.0272. The summed E-state index contributed by atoms with van der Waals surface area (Å²) in [5.41, 5.74) is 2.34. The van der Waals surface area contributed by atoms with Crippen molar-refractivity contribution in [1.82, 2.24) is 20.5 Å². The van der Waals surface area contributed by atoms with Gasteiger partial charge in [-0.05, 0) is 40.6 Å². The first-order valence-electron chi connectivity index (χ1n) is 9.85. The van der Waals surface area contributed by atoms with Gasteiger partial charge in [0.05, 0.1) is 8.93 Å². The molecule has 10 heteroatoms. The van der Waals surface area contributed by atoms with Crippen molar-refractivity contribution in [3.8, 4) is 0 Å². The van der Waals surface area contributed by atoms with Crippen LogP contribution in [0.5, 0.6) is 0 Å². The summed E-state index contributed by atoms with van der Waals surface area (Å²) in [4.78, 5) is 32.6. The molecule has 3 heterocycles. The number of carbonyl (C=O) groups is 2. The standard InChI is InChI=1S/C21H22IN5O2S2/c1-12-17-21(31-18(12)22)27(2)20(29)14(11-30-17)23-9-8-15(28)19-24-16(25-26-19)10-13-6-4-3-5-7-13/h3-7,14,23H,8-11H2,1-2H3,(H,24,25,26)/t14-/m0/s1. The van der Waals surface area contributed by atoms with Crippen molar-refractivity contribution in [2.24, 2.45) is 0 Å². The molecule has 2 aromatic heterocycles. The van der Waals surface area contributed by atoms with Crippen LogP contribution in [-0.4, -0.2) is 52.3 Å². The molecule has 1 aromatic carbocycles. The lowest BCUT2D eigenvalue weighted by Crippen LogP contribution is -2.46. The number of fused-ring (bicyclic) bond motifs is 1. The molecule has 4 rings (SSSR count). The summed E-state index contributed by atoms with van der Waals surface area (Å²) in [7, 11) is 1.82. The van der Waals surface area contributed by atoms with E-state index in [0.717, 1.165) is 10.6 Å². The molecule has 0 fully saturated rings. The number of nitrogens with zero attached hydrogens (tertiary/aromatic N) is 3. The number of aromatic amines is 1. The van der Waals surface area contributed by atoms with Gasteiger partial charge in [-0.3, -0.25) is 14.7 Å². The fraction of sp³-hybridized carbons (Fsp3) is 0.333. The molecule has 7 nitrogen and oxygen atoms in total. The second kappa shape index (κ2) is 9.80. The number of aromatic nitrogens is 3. The van der Waals surface area contributed by atoms with Gasteiger partial charge in [0.1, 0.15) is 10.8 Å². The van der Waals surface area contributed by atoms with E-state index in [2.05, 4.69) is 50.0 Å². The van der Waals surface area contributed by atoms with E-state index in [1.807, 2.05) is 37.4 Å². The van der Waals surface area contributed by atoms with Crippen molar-refractivity contribution in [3.05, 3.63) is 56.0 Å². The van der Waals surface area contributed by atoms with Gasteiger partial charge in [0.15, 0.2) is 0 Å². The number of thioether (sulfide) groups is 1. The van der Waals surface area contributed by atoms with E-state index in [9.17, 15) is 9.59 Å². The number of carbonyl (C=O) groups excluding carboxylic acids is 2. The average molecular weight is 567 g/mol. The van der Waals surface area contributed by atoms with Crippen LogP contribution < -0.4 is 10.2 Å². The lowest BCUT2D eigenvalue weighted by Gasteiger charge is -2.20. The molecular formula is C21H22IN5O2S2. The van der Waals surface area contributed by atoms with Crippen molar-refractivity contribution in [2.45, 2.75) is 30.7 Å². The third kappa shape index (κ3) is 5.02. The summed E-state index contributed by atoms with van der Waals surface area (Å²) in [5.74, 6) is 1.38. The zero-order valence-electron chi connectivity index (χ0n) is 17.1. The molecule has 0 unspecified atom stereocenters. The quantitative estimate of drug-likeness (QED) is 0.335. The largest absolute Gasteiger partial charge is 0.305 e. The summed E-state index contributed by atoms with van der Waals surface area (Å²) >= 11 is 5.66. The summed E-state index contributed by atoms with van der Waals surface area (Å²) in [6.45, 7) is 2.49. The summed E-state index contributed by atoms with van der Waals surface area (Å²) in [6.07, 6.45) is 0.835. The summed E-state index contributed by atoms with van der Waals surface area (Å²) in [6, 6.07) is 9.58. The highest BCUT2D eigenvalue weighted by Crippen LogP contribution is 2.44. The monoisotopic (exact) mass is 567 g/mol. The van der Waals surface area contributed by atoms with Gasteiger partial charge >= 0.3 is 0 Å². The van der Waals surface area contributed by atoms with Gasteiger partial charge in [-0.15, -0.1) is 23.1 Å². The Hall–Kier alpha value is -1.76. The molecule has 1 atom stereocenters. The van der Waals surface area contributed by atoms with Gasteiger partial charge in [0.25, 0.3) is 0 Å². The second-order valence-electron chi connectivity index (χ2n) is 7.29. The molecule has 2 N–H and O–H groups in total. The first-order valence-corrected chi connectivity index (χ1v) is 12.7. The Balaban J connectivity index is 1.31.